The van der Waals surface area contributed by atoms with Crippen molar-refractivity contribution in [3.05, 3.63) is 69.5 Å². The van der Waals surface area contributed by atoms with Crippen LogP contribution in [-0.4, -0.2) is 5.91 Å². The summed E-state index contributed by atoms with van der Waals surface area (Å²) in [6, 6.07) is 10.9. The van der Waals surface area contributed by atoms with E-state index in [0.29, 0.717) is 21.4 Å². The van der Waals surface area contributed by atoms with Gasteiger partial charge in [0.05, 0.1) is 0 Å². The van der Waals surface area contributed by atoms with Gasteiger partial charge in [-0.15, -0.1) is 11.8 Å². The van der Waals surface area contributed by atoms with Crippen LogP contribution in [0.15, 0.2) is 42.5 Å². The van der Waals surface area contributed by atoms with Crippen molar-refractivity contribution in [2.75, 3.05) is 0 Å². The lowest BCUT2D eigenvalue weighted by Gasteiger charge is -2.14. The van der Waals surface area contributed by atoms with Crippen molar-refractivity contribution in [3.63, 3.8) is 0 Å². The Balaban J connectivity index is 2.18. The molecule has 0 aliphatic rings. The fraction of sp³-hybridized carbons (Fsp3) is 0.133. The predicted molar refractivity (Wildman–Crippen MR) is 86.1 cm³/mol. The highest BCUT2D eigenvalue weighted by Crippen LogP contribution is 2.35. The van der Waals surface area contributed by atoms with E-state index in [2.05, 4.69) is 0 Å². The molecule has 0 aliphatic heterocycles. The Labute approximate surface area is 136 Å². The summed E-state index contributed by atoms with van der Waals surface area (Å²) in [5, 5.41) is 0.493. The van der Waals surface area contributed by atoms with E-state index in [4.69, 9.17) is 28.9 Å². The lowest BCUT2D eigenvalue weighted by molar-refractivity contribution is -0.117. The number of primary amides is 1. The summed E-state index contributed by atoms with van der Waals surface area (Å²) in [6.07, 6.45) is 0. The van der Waals surface area contributed by atoms with Crippen molar-refractivity contribution in [3.8, 4) is 0 Å². The van der Waals surface area contributed by atoms with Crippen LogP contribution < -0.4 is 5.73 Å². The summed E-state index contributed by atoms with van der Waals surface area (Å²) < 4.78 is 12.9. The van der Waals surface area contributed by atoms with Crippen LogP contribution in [0.5, 0.6) is 0 Å². The maximum Gasteiger partial charge on any atom is 0.235 e. The van der Waals surface area contributed by atoms with Crippen molar-refractivity contribution in [1.29, 1.82) is 0 Å². The number of hydrogen-bond acceptors (Lipinski definition) is 2. The van der Waals surface area contributed by atoms with E-state index in [1.54, 1.807) is 30.3 Å². The minimum atomic E-state index is -0.585. The maximum atomic E-state index is 12.9. The highest BCUT2D eigenvalue weighted by atomic mass is 35.5. The molecule has 2 rings (SSSR count). The minimum absolute atomic E-state index is 0.360. The van der Waals surface area contributed by atoms with E-state index >= 15 is 0 Å². The Morgan fingerprint density at radius 2 is 1.71 bits per heavy atom. The van der Waals surface area contributed by atoms with Crippen LogP contribution in [0.2, 0.25) is 10.0 Å². The van der Waals surface area contributed by atoms with Crippen LogP contribution in [0.3, 0.4) is 0 Å². The van der Waals surface area contributed by atoms with Crippen LogP contribution in [-0.2, 0) is 10.5 Å². The Bertz CT molecular complexity index is 628. The summed E-state index contributed by atoms with van der Waals surface area (Å²) >= 11 is 13.5. The van der Waals surface area contributed by atoms with Gasteiger partial charge in [-0.2, -0.15) is 0 Å². The molecule has 110 valence electrons. The van der Waals surface area contributed by atoms with Crippen molar-refractivity contribution in [1.82, 2.24) is 0 Å². The fourth-order valence-corrected chi connectivity index (χ4v) is 3.66. The molecule has 0 bridgehead atoms. The first-order chi connectivity index (χ1) is 9.99. The third kappa shape index (κ3) is 4.13. The van der Waals surface area contributed by atoms with Crippen LogP contribution in [0.1, 0.15) is 16.4 Å². The Hall–Kier alpha value is -1.23. The van der Waals surface area contributed by atoms with Gasteiger partial charge in [-0.25, -0.2) is 4.39 Å². The van der Waals surface area contributed by atoms with Crippen molar-refractivity contribution in [2.45, 2.75) is 11.0 Å². The van der Waals surface area contributed by atoms with E-state index in [1.807, 2.05) is 0 Å². The molecule has 2 aromatic carbocycles. The average Bonchev–Trinajstić information content (AvgIpc) is 2.43. The summed E-state index contributed by atoms with van der Waals surface area (Å²) in [6.45, 7) is 0. The first-order valence-electron chi connectivity index (χ1n) is 6.08. The molecular formula is C15H12Cl2FNOS. The first-order valence-corrected chi connectivity index (χ1v) is 7.89. The van der Waals surface area contributed by atoms with Crippen LogP contribution in [0.4, 0.5) is 4.39 Å². The van der Waals surface area contributed by atoms with Gasteiger partial charge in [-0.05, 0) is 35.4 Å². The molecule has 1 unspecified atom stereocenters. The summed E-state index contributed by atoms with van der Waals surface area (Å²) in [4.78, 5) is 11.6. The Kier molecular flexibility index (Phi) is 5.51. The second kappa shape index (κ2) is 7.16. The van der Waals surface area contributed by atoms with Crippen molar-refractivity contribution >= 4 is 40.9 Å². The van der Waals surface area contributed by atoms with E-state index in [-0.39, 0.29) is 5.82 Å². The molecule has 0 aromatic heterocycles. The molecule has 1 atom stereocenters. The number of thioether (sulfide) groups is 1. The lowest BCUT2D eigenvalue weighted by atomic mass is 10.1. The molecule has 21 heavy (non-hydrogen) atoms. The van der Waals surface area contributed by atoms with Crippen LogP contribution in [0, 0.1) is 5.82 Å². The number of amides is 1. The van der Waals surface area contributed by atoms with Crippen molar-refractivity contribution in [2.24, 2.45) is 5.73 Å². The normalized spacial score (nSPS) is 12.1. The van der Waals surface area contributed by atoms with Gasteiger partial charge in [0.2, 0.25) is 5.91 Å². The molecular weight excluding hydrogens is 332 g/mol. The molecule has 0 radical (unpaired) electrons. The number of rotatable bonds is 5. The zero-order valence-electron chi connectivity index (χ0n) is 10.9. The number of nitrogens with two attached hydrogens (primary N) is 1. The second-order valence-electron chi connectivity index (χ2n) is 4.35. The molecule has 2 aromatic rings. The number of halogens is 3. The molecule has 0 fully saturated rings. The quantitative estimate of drug-likeness (QED) is 0.862. The molecule has 1 amide bonds. The highest BCUT2D eigenvalue weighted by Gasteiger charge is 2.19. The topological polar surface area (TPSA) is 43.1 Å². The zero-order valence-corrected chi connectivity index (χ0v) is 13.2. The number of hydrogen-bond donors (Lipinski definition) is 1. The minimum Gasteiger partial charge on any atom is -0.368 e. The van der Waals surface area contributed by atoms with E-state index < -0.39 is 11.2 Å². The highest BCUT2D eigenvalue weighted by molar-refractivity contribution is 7.99. The van der Waals surface area contributed by atoms with Crippen LogP contribution >= 0.6 is 35.0 Å². The van der Waals surface area contributed by atoms with Gasteiger partial charge in [-0.3, -0.25) is 4.79 Å². The summed E-state index contributed by atoms with van der Waals surface area (Å²) in [5.41, 5.74) is 6.83. The number of carbonyl (C=O) groups excluding carboxylic acids is 1. The average molecular weight is 344 g/mol. The summed E-state index contributed by atoms with van der Waals surface area (Å²) in [5.74, 6) is -0.417. The largest absolute Gasteiger partial charge is 0.368 e. The molecule has 2 N–H and O–H groups in total. The second-order valence-corrected chi connectivity index (χ2v) is 6.25. The Morgan fingerprint density at radius 3 is 2.24 bits per heavy atom. The maximum absolute atomic E-state index is 12.9. The molecule has 6 heteroatoms. The lowest BCUT2D eigenvalue weighted by Crippen LogP contribution is -2.19. The van der Waals surface area contributed by atoms with E-state index in [0.717, 1.165) is 5.56 Å². The Morgan fingerprint density at radius 1 is 1.14 bits per heavy atom. The standard InChI is InChI=1S/C15H12Cl2FNOS/c16-12-2-1-3-13(17)11(12)8-21-14(15(19)20)9-4-6-10(18)7-5-9/h1-7,14H,8H2,(H2,19,20). The SMILES string of the molecule is NC(=O)C(SCc1c(Cl)cccc1Cl)c1ccc(F)cc1. The number of carbonyl (C=O) groups is 1. The smallest absolute Gasteiger partial charge is 0.235 e. The van der Waals surface area contributed by atoms with Gasteiger partial charge in [0.1, 0.15) is 11.1 Å². The van der Waals surface area contributed by atoms with E-state index in [1.165, 1.54) is 23.9 Å². The van der Waals surface area contributed by atoms with E-state index in [9.17, 15) is 9.18 Å². The summed E-state index contributed by atoms with van der Waals surface area (Å²) in [7, 11) is 0. The van der Waals surface area contributed by atoms with Crippen LogP contribution in [0.25, 0.3) is 0 Å². The molecule has 0 aliphatic carbocycles. The molecule has 0 saturated heterocycles. The predicted octanol–water partition coefficient (Wildman–Crippen LogP) is 4.59. The van der Waals surface area contributed by atoms with Gasteiger partial charge in [0.15, 0.2) is 0 Å². The van der Waals surface area contributed by atoms with Gasteiger partial charge in [0, 0.05) is 15.8 Å². The molecule has 2 nitrogen and oxygen atoms in total. The molecule has 0 heterocycles. The van der Waals surface area contributed by atoms with Gasteiger partial charge in [-0.1, -0.05) is 41.4 Å². The fourth-order valence-electron chi connectivity index (χ4n) is 1.82. The third-order valence-corrected chi connectivity index (χ3v) is 4.89. The molecule has 0 spiro atoms. The molecule has 0 saturated carbocycles. The van der Waals surface area contributed by atoms with Gasteiger partial charge >= 0.3 is 0 Å². The monoisotopic (exact) mass is 343 g/mol. The third-order valence-electron chi connectivity index (χ3n) is 2.89. The first kappa shape index (κ1) is 16.1. The van der Waals surface area contributed by atoms with Crippen molar-refractivity contribution < 1.29 is 9.18 Å². The number of benzene rings is 2. The zero-order chi connectivity index (χ0) is 15.4. The van der Waals surface area contributed by atoms with Gasteiger partial charge < -0.3 is 5.73 Å². The van der Waals surface area contributed by atoms with Gasteiger partial charge in [0.25, 0.3) is 0 Å².